The molecule has 0 spiro atoms. The van der Waals surface area contributed by atoms with Crippen LogP contribution in [0.5, 0.6) is 0 Å². The lowest BCUT2D eigenvalue weighted by Gasteiger charge is -2.37. The van der Waals surface area contributed by atoms with E-state index in [4.69, 9.17) is 0 Å². The molecule has 2 heterocycles. The van der Waals surface area contributed by atoms with Gasteiger partial charge in [-0.05, 0) is 25.7 Å². The van der Waals surface area contributed by atoms with Gasteiger partial charge in [0.1, 0.15) is 0 Å². The van der Waals surface area contributed by atoms with E-state index in [2.05, 4.69) is 28.7 Å². The summed E-state index contributed by atoms with van der Waals surface area (Å²) in [6.45, 7) is 5.72. The van der Waals surface area contributed by atoms with Crippen molar-refractivity contribution in [3.8, 4) is 0 Å². The van der Waals surface area contributed by atoms with Crippen LogP contribution in [-0.2, 0) is 0 Å². The third kappa shape index (κ3) is 1.76. The van der Waals surface area contributed by atoms with Crippen molar-refractivity contribution >= 4 is 5.95 Å². The highest BCUT2D eigenvalue weighted by molar-refractivity contribution is 5.31. The quantitative estimate of drug-likeness (QED) is 0.782. The van der Waals surface area contributed by atoms with Crippen LogP contribution >= 0.6 is 0 Å². The predicted molar refractivity (Wildman–Crippen MR) is 58.4 cm³/mol. The van der Waals surface area contributed by atoms with E-state index in [0.29, 0.717) is 6.04 Å². The molecule has 0 amide bonds. The molecule has 1 aromatic heterocycles. The lowest BCUT2D eigenvalue weighted by atomic mass is 9.92. The molecule has 3 nitrogen and oxygen atoms in total. The number of hydrogen-bond acceptors (Lipinski definition) is 2. The highest BCUT2D eigenvalue weighted by Gasteiger charge is 2.25. The predicted octanol–water partition coefficient (Wildman–Crippen LogP) is 2.42. The molecule has 1 saturated heterocycles. The maximum Gasteiger partial charge on any atom is 0.202 e. The van der Waals surface area contributed by atoms with E-state index in [1.54, 1.807) is 0 Å². The zero-order chi connectivity index (χ0) is 9.97. The largest absolute Gasteiger partial charge is 0.339 e. The Labute approximate surface area is 85.5 Å². The number of piperidine rings is 1. The molecule has 2 atom stereocenters. The topological polar surface area (TPSA) is 31.9 Å². The fourth-order valence-corrected chi connectivity index (χ4v) is 2.22. The van der Waals surface area contributed by atoms with Gasteiger partial charge in [-0.3, -0.25) is 0 Å². The number of rotatable bonds is 2. The van der Waals surface area contributed by atoms with Gasteiger partial charge < -0.3 is 9.88 Å². The molecule has 2 rings (SSSR count). The van der Waals surface area contributed by atoms with Gasteiger partial charge in [-0.1, -0.05) is 13.3 Å². The molecule has 78 valence electrons. The molecule has 1 aliphatic heterocycles. The summed E-state index contributed by atoms with van der Waals surface area (Å²) in [6, 6.07) is 0.629. The van der Waals surface area contributed by atoms with Crippen molar-refractivity contribution in [2.45, 2.75) is 39.2 Å². The second kappa shape index (κ2) is 4.03. The number of nitrogens with one attached hydrogen (secondary N) is 1. The zero-order valence-electron chi connectivity index (χ0n) is 9.03. The van der Waals surface area contributed by atoms with Gasteiger partial charge in [0.2, 0.25) is 5.95 Å². The van der Waals surface area contributed by atoms with E-state index < -0.39 is 0 Å². The zero-order valence-corrected chi connectivity index (χ0v) is 9.03. The highest BCUT2D eigenvalue weighted by Crippen LogP contribution is 2.26. The maximum atomic E-state index is 4.33. The van der Waals surface area contributed by atoms with Gasteiger partial charge in [0.25, 0.3) is 0 Å². The average Bonchev–Trinajstić information content (AvgIpc) is 2.71. The van der Waals surface area contributed by atoms with Crippen LogP contribution in [0.25, 0.3) is 0 Å². The average molecular weight is 193 g/mol. The molecular weight excluding hydrogens is 174 g/mol. The second-order valence-electron chi connectivity index (χ2n) is 4.27. The number of aromatic amines is 1. The Kier molecular flexibility index (Phi) is 2.75. The van der Waals surface area contributed by atoms with E-state index >= 15 is 0 Å². The Bertz CT molecular complexity index is 268. The molecule has 1 aromatic rings. The highest BCUT2D eigenvalue weighted by atomic mass is 15.3. The lowest BCUT2D eigenvalue weighted by Crippen LogP contribution is -2.42. The number of nitrogens with zero attached hydrogens (tertiary/aromatic N) is 2. The lowest BCUT2D eigenvalue weighted by molar-refractivity contribution is 0.356. The molecule has 14 heavy (non-hydrogen) atoms. The van der Waals surface area contributed by atoms with Crippen molar-refractivity contribution in [3.05, 3.63) is 12.4 Å². The number of H-pyrrole nitrogens is 1. The molecule has 0 saturated carbocycles. The van der Waals surface area contributed by atoms with Crippen molar-refractivity contribution in [3.63, 3.8) is 0 Å². The Balaban J connectivity index is 2.09. The van der Waals surface area contributed by atoms with Gasteiger partial charge in [0, 0.05) is 25.0 Å². The van der Waals surface area contributed by atoms with Crippen LogP contribution in [0.3, 0.4) is 0 Å². The molecule has 0 aromatic carbocycles. The van der Waals surface area contributed by atoms with Crippen LogP contribution in [0.4, 0.5) is 5.95 Å². The van der Waals surface area contributed by atoms with Crippen LogP contribution in [0.1, 0.15) is 33.1 Å². The fraction of sp³-hybridized carbons (Fsp3) is 0.727. The van der Waals surface area contributed by atoms with E-state index in [0.717, 1.165) is 18.4 Å². The van der Waals surface area contributed by atoms with Gasteiger partial charge in [-0.25, -0.2) is 4.98 Å². The number of anilines is 1. The van der Waals surface area contributed by atoms with Gasteiger partial charge in [0.05, 0.1) is 0 Å². The summed E-state index contributed by atoms with van der Waals surface area (Å²) in [7, 11) is 0. The number of imidazole rings is 1. The van der Waals surface area contributed by atoms with Gasteiger partial charge >= 0.3 is 0 Å². The summed E-state index contributed by atoms with van der Waals surface area (Å²) < 4.78 is 0. The number of hydrogen-bond donors (Lipinski definition) is 1. The molecule has 1 N–H and O–H groups in total. The van der Waals surface area contributed by atoms with E-state index in [-0.39, 0.29) is 0 Å². The number of aromatic nitrogens is 2. The molecule has 0 unspecified atom stereocenters. The molecular formula is C11H19N3. The molecule has 1 aliphatic rings. The molecule has 0 bridgehead atoms. The van der Waals surface area contributed by atoms with Crippen molar-refractivity contribution in [1.82, 2.24) is 9.97 Å². The maximum absolute atomic E-state index is 4.33. The van der Waals surface area contributed by atoms with Crippen LogP contribution in [0.2, 0.25) is 0 Å². The Morgan fingerprint density at radius 2 is 2.43 bits per heavy atom. The Morgan fingerprint density at radius 1 is 1.57 bits per heavy atom. The van der Waals surface area contributed by atoms with Crippen molar-refractivity contribution < 1.29 is 0 Å². The monoisotopic (exact) mass is 193 g/mol. The van der Waals surface area contributed by atoms with Crippen LogP contribution in [-0.4, -0.2) is 22.6 Å². The third-order valence-corrected chi connectivity index (χ3v) is 3.31. The summed E-state index contributed by atoms with van der Waals surface area (Å²) in [5.74, 6) is 1.88. The summed E-state index contributed by atoms with van der Waals surface area (Å²) in [5, 5.41) is 0. The van der Waals surface area contributed by atoms with Crippen molar-refractivity contribution in [1.29, 1.82) is 0 Å². The van der Waals surface area contributed by atoms with Gasteiger partial charge in [-0.15, -0.1) is 0 Å². The van der Waals surface area contributed by atoms with Crippen molar-refractivity contribution in [2.75, 3.05) is 11.4 Å². The minimum absolute atomic E-state index is 0.629. The summed E-state index contributed by atoms with van der Waals surface area (Å²) >= 11 is 0. The van der Waals surface area contributed by atoms with Gasteiger partial charge in [0.15, 0.2) is 0 Å². The van der Waals surface area contributed by atoms with Crippen LogP contribution in [0, 0.1) is 5.92 Å². The van der Waals surface area contributed by atoms with E-state index in [9.17, 15) is 0 Å². The molecule has 0 radical (unpaired) electrons. The SMILES string of the molecule is CC[C@@H]1CC[C@H](C)N(c2ncc[nH]2)C1. The van der Waals surface area contributed by atoms with Crippen LogP contribution in [0.15, 0.2) is 12.4 Å². The van der Waals surface area contributed by atoms with E-state index in [1.165, 1.54) is 19.3 Å². The first kappa shape index (κ1) is 9.56. The molecule has 3 heteroatoms. The Hall–Kier alpha value is -0.990. The van der Waals surface area contributed by atoms with Crippen molar-refractivity contribution in [2.24, 2.45) is 5.92 Å². The normalized spacial score (nSPS) is 28.0. The second-order valence-corrected chi connectivity index (χ2v) is 4.27. The summed E-state index contributed by atoms with van der Waals surface area (Å²) in [6.07, 6.45) is 7.67. The van der Waals surface area contributed by atoms with Crippen LogP contribution < -0.4 is 4.90 Å². The smallest absolute Gasteiger partial charge is 0.202 e. The van der Waals surface area contributed by atoms with Gasteiger partial charge in [-0.2, -0.15) is 0 Å². The molecule has 1 fully saturated rings. The first-order chi connectivity index (χ1) is 6.81. The fourth-order valence-electron chi connectivity index (χ4n) is 2.22. The standard InChI is InChI=1S/C11H19N3/c1-3-10-5-4-9(2)14(8-10)11-12-6-7-13-11/h6-7,9-10H,3-5,8H2,1-2H3,(H,12,13)/t9-,10+/m0/s1. The molecule has 0 aliphatic carbocycles. The minimum atomic E-state index is 0.629. The summed E-state index contributed by atoms with van der Waals surface area (Å²) in [5.41, 5.74) is 0. The minimum Gasteiger partial charge on any atom is -0.339 e. The first-order valence-corrected chi connectivity index (χ1v) is 5.57. The summed E-state index contributed by atoms with van der Waals surface area (Å²) in [4.78, 5) is 9.93. The Morgan fingerprint density at radius 3 is 3.07 bits per heavy atom. The third-order valence-electron chi connectivity index (χ3n) is 3.31. The first-order valence-electron chi connectivity index (χ1n) is 5.57. The van der Waals surface area contributed by atoms with E-state index in [1.807, 2.05) is 12.4 Å².